The fourth-order valence-electron chi connectivity index (χ4n) is 4.22. The van der Waals surface area contributed by atoms with Gasteiger partial charge in [0, 0.05) is 23.1 Å². The molecule has 0 aliphatic heterocycles. The first-order chi connectivity index (χ1) is 18.6. The minimum atomic E-state index is -5.17. The van der Waals surface area contributed by atoms with Crippen LogP contribution in [0.1, 0.15) is 66.7 Å². The maximum absolute atomic E-state index is 14.5. The lowest BCUT2D eigenvalue weighted by Gasteiger charge is -2.32. The molecule has 10 heteroatoms. The standard InChI is InChI=1S/C30H32F4N2O4/c1-17-13-18(5-9-22(17)31)23-15-20(28(2,3)35)16-27(36-23)29(38,30(32,33)34)12-11-24(37)19-6-10-25(26(14-19)39-4)40-21-7-8-21/h5-6,9-10,13-16,21,38H,7-8,11-12,35H2,1-4H3/t29-/m1/s1. The number of hydrogen-bond donors (Lipinski definition) is 2. The molecule has 6 nitrogen and oxygen atoms in total. The van der Waals surface area contributed by atoms with Gasteiger partial charge in [0.2, 0.25) is 5.60 Å². The Labute approximate surface area is 230 Å². The SMILES string of the molecule is COc1cc(C(=O)CC[C@@](O)(c2cc(C(C)(C)N)cc(-c3ccc(F)c(C)c3)n2)C(F)(F)F)ccc1OC1CC1. The molecule has 214 valence electrons. The summed E-state index contributed by atoms with van der Waals surface area (Å²) in [6, 6.07) is 11.1. The van der Waals surface area contributed by atoms with Gasteiger partial charge in [0.05, 0.1) is 24.6 Å². The molecule has 3 N–H and O–H groups in total. The van der Waals surface area contributed by atoms with Gasteiger partial charge in [0.15, 0.2) is 17.3 Å². The quantitative estimate of drug-likeness (QED) is 0.222. The van der Waals surface area contributed by atoms with Gasteiger partial charge in [-0.2, -0.15) is 13.2 Å². The molecule has 1 saturated carbocycles. The number of Topliss-reactive ketones (excluding diaryl/α,β-unsaturated/α-hetero) is 1. The summed E-state index contributed by atoms with van der Waals surface area (Å²) in [5.41, 5.74) is 2.08. The number of methoxy groups -OCH3 is 1. The predicted molar refractivity (Wildman–Crippen MR) is 142 cm³/mol. The molecule has 0 spiro atoms. The Morgan fingerprint density at radius 1 is 1.07 bits per heavy atom. The summed E-state index contributed by atoms with van der Waals surface area (Å²) >= 11 is 0. The van der Waals surface area contributed by atoms with Crippen LogP contribution < -0.4 is 15.2 Å². The average Bonchev–Trinajstić information content (AvgIpc) is 3.71. The van der Waals surface area contributed by atoms with Crippen LogP contribution in [0.4, 0.5) is 17.6 Å². The summed E-state index contributed by atoms with van der Waals surface area (Å²) in [5, 5.41) is 11.1. The highest BCUT2D eigenvalue weighted by molar-refractivity contribution is 5.96. The van der Waals surface area contributed by atoms with Crippen LogP contribution in [0.25, 0.3) is 11.3 Å². The molecule has 40 heavy (non-hydrogen) atoms. The minimum absolute atomic E-state index is 0.0825. The number of alkyl halides is 3. The molecule has 1 aliphatic rings. The topological polar surface area (TPSA) is 94.7 Å². The summed E-state index contributed by atoms with van der Waals surface area (Å²) < 4.78 is 68.4. The fourth-order valence-corrected chi connectivity index (χ4v) is 4.22. The summed E-state index contributed by atoms with van der Waals surface area (Å²) in [5.74, 6) is -0.359. The minimum Gasteiger partial charge on any atom is -0.493 e. The zero-order chi connectivity index (χ0) is 29.5. The van der Waals surface area contributed by atoms with E-state index in [1.807, 2.05) is 0 Å². The van der Waals surface area contributed by atoms with E-state index in [1.54, 1.807) is 19.9 Å². The van der Waals surface area contributed by atoms with Crippen molar-refractivity contribution in [2.24, 2.45) is 5.73 Å². The molecule has 1 aliphatic carbocycles. The van der Waals surface area contributed by atoms with Crippen LogP contribution in [0.2, 0.25) is 0 Å². The van der Waals surface area contributed by atoms with Crippen molar-refractivity contribution in [2.45, 2.75) is 69.9 Å². The summed E-state index contributed by atoms with van der Waals surface area (Å²) in [6.07, 6.45) is -4.88. The lowest BCUT2D eigenvalue weighted by atomic mass is 9.86. The first-order valence-corrected chi connectivity index (χ1v) is 12.9. The van der Waals surface area contributed by atoms with Crippen molar-refractivity contribution >= 4 is 5.78 Å². The molecule has 0 saturated heterocycles. The number of carbonyl (C=O) groups excluding carboxylic acids is 1. The highest BCUT2D eigenvalue weighted by Crippen LogP contribution is 2.44. The number of ether oxygens (including phenoxy) is 2. The first-order valence-electron chi connectivity index (χ1n) is 12.9. The second-order valence-corrected chi connectivity index (χ2v) is 10.8. The third-order valence-corrected chi connectivity index (χ3v) is 6.93. The number of aromatic nitrogens is 1. The number of benzene rings is 2. The van der Waals surface area contributed by atoms with Crippen molar-refractivity contribution in [3.63, 3.8) is 0 Å². The molecule has 1 heterocycles. The molecule has 1 fully saturated rings. The summed E-state index contributed by atoms with van der Waals surface area (Å²) in [4.78, 5) is 17.2. The van der Waals surface area contributed by atoms with Crippen LogP contribution >= 0.6 is 0 Å². The van der Waals surface area contributed by atoms with E-state index in [4.69, 9.17) is 15.2 Å². The molecule has 2 aromatic carbocycles. The van der Waals surface area contributed by atoms with Gasteiger partial charge >= 0.3 is 6.18 Å². The van der Waals surface area contributed by atoms with Crippen LogP contribution in [-0.2, 0) is 11.1 Å². The Hall–Kier alpha value is -3.50. The van der Waals surface area contributed by atoms with Crippen molar-refractivity contribution in [2.75, 3.05) is 7.11 Å². The van der Waals surface area contributed by atoms with E-state index in [-0.39, 0.29) is 28.5 Å². The number of halogens is 4. The number of nitrogens with zero attached hydrogens (tertiary/aromatic N) is 1. The summed E-state index contributed by atoms with van der Waals surface area (Å²) in [6.45, 7) is 4.73. The number of ketones is 1. The van der Waals surface area contributed by atoms with E-state index in [0.29, 0.717) is 17.1 Å². The smallest absolute Gasteiger partial charge is 0.422 e. The highest BCUT2D eigenvalue weighted by atomic mass is 19.4. The first kappa shape index (κ1) is 29.5. The number of hydrogen-bond acceptors (Lipinski definition) is 6. The molecule has 0 bridgehead atoms. The Morgan fingerprint density at radius 2 is 1.77 bits per heavy atom. The van der Waals surface area contributed by atoms with Crippen molar-refractivity contribution in [3.05, 3.63) is 76.7 Å². The molecule has 0 amide bonds. The van der Waals surface area contributed by atoms with Crippen LogP contribution in [0, 0.1) is 12.7 Å². The van der Waals surface area contributed by atoms with Gasteiger partial charge in [-0.05, 0) is 99.7 Å². The maximum atomic E-state index is 14.5. The number of carbonyl (C=O) groups is 1. The Bertz CT molecular complexity index is 1410. The average molecular weight is 561 g/mol. The summed E-state index contributed by atoms with van der Waals surface area (Å²) in [7, 11) is 1.41. The number of pyridine rings is 1. The van der Waals surface area contributed by atoms with E-state index >= 15 is 0 Å². The van der Waals surface area contributed by atoms with Crippen molar-refractivity contribution in [3.8, 4) is 22.8 Å². The molecular formula is C30H32F4N2O4. The van der Waals surface area contributed by atoms with Crippen molar-refractivity contribution < 1.29 is 36.9 Å². The Balaban J connectivity index is 1.69. The second-order valence-electron chi connectivity index (χ2n) is 10.8. The zero-order valence-corrected chi connectivity index (χ0v) is 22.7. The zero-order valence-electron chi connectivity index (χ0n) is 22.7. The van der Waals surface area contributed by atoms with Gasteiger partial charge in [-0.25, -0.2) is 9.37 Å². The number of nitrogens with two attached hydrogens (primary N) is 1. The van der Waals surface area contributed by atoms with Gasteiger partial charge in [-0.15, -0.1) is 0 Å². The van der Waals surface area contributed by atoms with Crippen LogP contribution in [-0.4, -0.2) is 35.3 Å². The van der Waals surface area contributed by atoms with E-state index in [0.717, 1.165) is 18.9 Å². The van der Waals surface area contributed by atoms with E-state index in [2.05, 4.69) is 4.98 Å². The van der Waals surface area contributed by atoms with Crippen LogP contribution in [0.5, 0.6) is 11.5 Å². The monoisotopic (exact) mass is 560 g/mol. The van der Waals surface area contributed by atoms with E-state index in [1.165, 1.54) is 50.4 Å². The van der Waals surface area contributed by atoms with Gasteiger partial charge in [-0.1, -0.05) is 0 Å². The van der Waals surface area contributed by atoms with Gasteiger partial charge in [0.25, 0.3) is 0 Å². The number of aliphatic hydroxyl groups is 1. The lowest BCUT2D eigenvalue weighted by Crippen LogP contribution is -2.44. The normalized spacial score (nSPS) is 15.4. The van der Waals surface area contributed by atoms with Gasteiger partial charge in [0.1, 0.15) is 5.82 Å². The van der Waals surface area contributed by atoms with Crippen molar-refractivity contribution in [1.82, 2.24) is 4.98 Å². The molecule has 0 radical (unpaired) electrons. The second kappa shape index (κ2) is 10.8. The van der Waals surface area contributed by atoms with Crippen molar-refractivity contribution in [1.29, 1.82) is 0 Å². The van der Waals surface area contributed by atoms with Gasteiger partial charge < -0.3 is 20.3 Å². The number of rotatable bonds is 10. The molecule has 1 atom stereocenters. The number of aryl methyl sites for hydroxylation is 1. The van der Waals surface area contributed by atoms with Crippen LogP contribution in [0.3, 0.4) is 0 Å². The third kappa shape index (κ3) is 6.28. The van der Waals surface area contributed by atoms with E-state index < -0.39 is 47.5 Å². The Kier molecular flexibility index (Phi) is 7.97. The predicted octanol–water partition coefficient (Wildman–Crippen LogP) is 6.35. The molecule has 3 aromatic rings. The van der Waals surface area contributed by atoms with E-state index in [9.17, 15) is 27.5 Å². The Morgan fingerprint density at radius 3 is 2.35 bits per heavy atom. The maximum Gasteiger partial charge on any atom is 0.422 e. The molecule has 0 unspecified atom stereocenters. The lowest BCUT2D eigenvalue weighted by molar-refractivity contribution is -0.270. The molecule has 1 aromatic heterocycles. The fraction of sp³-hybridized carbons (Fsp3) is 0.400. The largest absolute Gasteiger partial charge is 0.493 e. The molecule has 4 rings (SSSR count). The highest BCUT2D eigenvalue weighted by Gasteiger charge is 2.56. The molecular weight excluding hydrogens is 528 g/mol. The van der Waals surface area contributed by atoms with Crippen LogP contribution in [0.15, 0.2) is 48.5 Å². The third-order valence-electron chi connectivity index (χ3n) is 6.93. The van der Waals surface area contributed by atoms with Gasteiger partial charge in [-0.3, -0.25) is 4.79 Å².